The van der Waals surface area contributed by atoms with Gasteiger partial charge in [-0.1, -0.05) is 34.1 Å². The normalized spacial score (nSPS) is 9.76. The quantitative estimate of drug-likeness (QED) is 0.723. The van der Waals surface area contributed by atoms with E-state index in [1.54, 1.807) is 0 Å². The number of hydrogen-bond donors (Lipinski definition) is 3. The lowest BCUT2D eigenvalue weighted by atomic mass is 10.2. The monoisotopic (exact) mass is 299 g/mol. The van der Waals surface area contributed by atoms with Crippen molar-refractivity contribution in [3.8, 4) is 0 Å². The van der Waals surface area contributed by atoms with E-state index in [-0.39, 0.29) is 24.9 Å². The molecule has 0 fully saturated rings. The molecule has 6 heteroatoms. The van der Waals surface area contributed by atoms with E-state index in [1.165, 1.54) is 0 Å². The molecule has 0 aliphatic rings. The van der Waals surface area contributed by atoms with Crippen LogP contribution in [0.1, 0.15) is 5.56 Å². The predicted molar refractivity (Wildman–Crippen MR) is 68.1 cm³/mol. The molecule has 2 amide bonds. The van der Waals surface area contributed by atoms with Crippen LogP contribution in [-0.4, -0.2) is 24.9 Å². The molecule has 5 nitrogen and oxygen atoms in total. The van der Waals surface area contributed by atoms with Crippen molar-refractivity contribution in [1.29, 1.82) is 0 Å². The van der Waals surface area contributed by atoms with Crippen molar-refractivity contribution in [2.24, 2.45) is 5.73 Å². The fraction of sp³-hybridized carbons (Fsp3) is 0.273. The number of nitrogens with two attached hydrogens (primary N) is 1. The number of amides is 2. The van der Waals surface area contributed by atoms with Crippen molar-refractivity contribution in [2.75, 3.05) is 13.1 Å². The first kappa shape index (κ1) is 13.7. The Morgan fingerprint density at radius 1 is 1.18 bits per heavy atom. The van der Waals surface area contributed by atoms with E-state index in [4.69, 9.17) is 5.73 Å². The standard InChI is InChI=1S/C11H14BrN3O2/c12-9-4-2-1-3-8(9)6-14-11(17)7-15-10(16)5-13/h1-4H,5-7,13H2,(H,14,17)(H,15,16). The summed E-state index contributed by atoms with van der Waals surface area (Å²) in [6.45, 7) is 0.247. The van der Waals surface area contributed by atoms with Gasteiger partial charge in [-0.05, 0) is 11.6 Å². The first-order valence-corrected chi connectivity index (χ1v) is 5.89. The molecule has 0 saturated carbocycles. The maximum atomic E-state index is 11.4. The van der Waals surface area contributed by atoms with Gasteiger partial charge < -0.3 is 16.4 Å². The van der Waals surface area contributed by atoms with E-state index in [0.29, 0.717) is 6.54 Å². The summed E-state index contributed by atoms with van der Waals surface area (Å²) in [5.41, 5.74) is 6.07. The number of benzene rings is 1. The molecule has 0 atom stereocenters. The molecule has 0 unspecified atom stereocenters. The Morgan fingerprint density at radius 2 is 1.88 bits per heavy atom. The summed E-state index contributed by atoms with van der Waals surface area (Å²) >= 11 is 3.38. The van der Waals surface area contributed by atoms with Gasteiger partial charge in [-0.25, -0.2) is 0 Å². The number of halogens is 1. The first-order chi connectivity index (χ1) is 8.13. The molecule has 0 aliphatic carbocycles. The van der Waals surface area contributed by atoms with Gasteiger partial charge in [-0.3, -0.25) is 9.59 Å². The van der Waals surface area contributed by atoms with Crippen LogP contribution in [0.2, 0.25) is 0 Å². The Kier molecular flexibility index (Phi) is 5.65. The van der Waals surface area contributed by atoms with Gasteiger partial charge in [0, 0.05) is 11.0 Å². The molecule has 92 valence electrons. The second-order valence-corrected chi connectivity index (χ2v) is 4.20. The maximum absolute atomic E-state index is 11.4. The number of carbonyl (C=O) groups is 2. The van der Waals surface area contributed by atoms with Crippen LogP contribution >= 0.6 is 15.9 Å². The summed E-state index contributed by atoms with van der Waals surface area (Å²) in [5, 5.41) is 5.09. The highest BCUT2D eigenvalue weighted by Crippen LogP contribution is 2.14. The summed E-state index contributed by atoms with van der Waals surface area (Å²) in [6, 6.07) is 7.60. The van der Waals surface area contributed by atoms with Crippen molar-refractivity contribution in [3.63, 3.8) is 0 Å². The SMILES string of the molecule is NCC(=O)NCC(=O)NCc1ccccc1Br. The second-order valence-electron chi connectivity index (χ2n) is 3.35. The predicted octanol–water partition coefficient (Wildman–Crippen LogP) is 0.140. The molecular formula is C11H14BrN3O2. The number of hydrogen-bond acceptors (Lipinski definition) is 3. The molecule has 4 N–H and O–H groups in total. The smallest absolute Gasteiger partial charge is 0.239 e. The zero-order chi connectivity index (χ0) is 12.7. The van der Waals surface area contributed by atoms with E-state index in [1.807, 2.05) is 24.3 Å². The molecule has 0 aliphatic heterocycles. The van der Waals surface area contributed by atoms with Gasteiger partial charge in [0.05, 0.1) is 13.1 Å². The largest absolute Gasteiger partial charge is 0.350 e. The summed E-state index contributed by atoms with van der Waals surface area (Å²) in [5.74, 6) is -0.594. The number of rotatable bonds is 5. The molecule has 0 bridgehead atoms. The summed E-state index contributed by atoms with van der Waals surface area (Å²) in [7, 11) is 0. The van der Waals surface area contributed by atoms with Gasteiger partial charge >= 0.3 is 0 Å². The maximum Gasteiger partial charge on any atom is 0.239 e. The minimum absolute atomic E-state index is 0.0551. The molecule has 17 heavy (non-hydrogen) atoms. The van der Waals surface area contributed by atoms with Crippen LogP contribution in [0, 0.1) is 0 Å². The lowest BCUT2D eigenvalue weighted by molar-refractivity contribution is -0.125. The molecule has 1 aromatic rings. The van der Waals surface area contributed by atoms with Crippen LogP contribution in [0.15, 0.2) is 28.7 Å². The average Bonchev–Trinajstić information content (AvgIpc) is 2.35. The number of nitrogens with one attached hydrogen (secondary N) is 2. The Morgan fingerprint density at radius 3 is 2.53 bits per heavy atom. The van der Waals surface area contributed by atoms with Crippen LogP contribution < -0.4 is 16.4 Å². The van der Waals surface area contributed by atoms with E-state index in [2.05, 4.69) is 26.6 Å². The lowest BCUT2D eigenvalue weighted by Gasteiger charge is -2.07. The third-order valence-corrected chi connectivity index (χ3v) is 2.84. The van der Waals surface area contributed by atoms with Crippen LogP contribution in [0.5, 0.6) is 0 Å². The zero-order valence-corrected chi connectivity index (χ0v) is 10.8. The van der Waals surface area contributed by atoms with Crippen LogP contribution in [0.3, 0.4) is 0 Å². The Hall–Kier alpha value is -1.40. The molecule has 1 rings (SSSR count). The molecule has 0 saturated heterocycles. The summed E-state index contributed by atoms with van der Waals surface area (Å²) in [6.07, 6.45) is 0. The zero-order valence-electron chi connectivity index (χ0n) is 9.20. The third kappa shape index (κ3) is 4.97. The van der Waals surface area contributed by atoms with Gasteiger partial charge in [-0.15, -0.1) is 0 Å². The Balaban J connectivity index is 2.34. The summed E-state index contributed by atoms with van der Waals surface area (Å²) in [4.78, 5) is 22.2. The van der Waals surface area contributed by atoms with E-state index < -0.39 is 0 Å². The van der Waals surface area contributed by atoms with Gasteiger partial charge in [-0.2, -0.15) is 0 Å². The molecule has 0 radical (unpaired) electrons. The fourth-order valence-corrected chi connectivity index (χ4v) is 1.57. The second kappa shape index (κ2) is 7.03. The van der Waals surface area contributed by atoms with Crippen molar-refractivity contribution in [2.45, 2.75) is 6.54 Å². The van der Waals surface area contributed by atoms with E-state index in [9.17, 15) is 9.59 Å². The van der Waals surface area contributed by atoms with Crippen molar-refractivity contribution >= 4 is 27.7 Å². The minimum Gasteiger partial charge on any atom is -0.350 e. The van der Waals surface area contributed by atoms with Crippen molar-refractivity contribution in [1.82, 2.24) is 10.6 Å². The Bertz CT molecular complexity index is 409. The van der Waals surface area contributed by atoms with Gasteiger partial charge in [0.25, 0.3) is 0 Å². The molecule has 0 heterocycles. The highest BCUT2D eigenvalue weighted by molar-refractivity contribution is 9.10. The first-order valence-electron chi connectivity index (χ1n) is 5.10. The lowest BCUT2D eigenvalue weighted by Crippen LogP contribution is -2.39. The molecule has 1 aromatic carbocycles. The van der Waals surface area contributed by atoms with Crippen molar-refractivity contribution < 1.29 is 9.59 Å². The van der Waals surface area contributed by atoms with E-state index >= 15 is 0 Å². The molecular weight excluding hydrogens is 286 g/mol. The molecule has 0 aromatic heterocycles. The minimum atomic E-state index is -0.346. The highest BCUT2D eigenvalue weighted by atomic mass is 79.9. The van der Waals surface area contributed by atoms with Crippen LogP contribution in [0.4, 0.5) is 0 Å². The number of carbonyl (C=O) groups excluding carboxylic acids is 2. The fourth-order valence-electron chi connectivity index (χ4n) is 1.15. The van der Waals surface area contributed by atoms with Crippen LogP contribution in [-0.2, 0) is 16.1 Å². The highest BCUT2D eigenvalue weighted by Gasteiger charge is 2.04. The third-order valence-electron chi connectivity index (χ3n) is 2.07. The van der Waals surface area contributed by atoms with Gasteiger partial charge in [0.1, 0.15) is 0 Å². The van der Waals surface area contributed by atoms with E-state index in [0.717, 1.165) is 10.0 Å². The molecule has 0 spiro atoms. The van der Waals surface area contributed by atoms with Crippen molar-refractivity contribution in [3.05, 3.63) is 34.3 Å². The topological polar surface area (TPSA) is 84.2 Å². The van der Waals surface area contributed by atoms with Crippen LogP contribution in [0.25, 0.3) is 0 Å². The Labute approximate surface area is 108 Å². The average molecular weight is 300 g/mol. The van der Waals surface area contributed by atoms with Gasteiger partial charge in [0.2, 0.25) is 11.8 Å². The van der Waals surface area contributed by atoms with Gasteiger partial charge in [0.15, 0.2) is 0 Å². The summed E-state index contributed by atoms with van der Waals surface area (Å²) < 4.78 is 0.936.